The highest BCUT2D eigenvalue weighted by atomic mass is 16.5. The van der Waals surface area contributed by atoms with Crippen molar-refractivity contribution in [2.45, 2.75) is 52.6 Å². The Morgan fingerprint density at radius 1 is 1.15 bits per heavy atom. The molecule has 0 radical (unpaired) electrons. The van der Waals surface area contributed by atoms with Crippen molar-refractivity contribution in [3.63, 3.8) is 0 Å². The van der Waals surface area contributed by atoms with Gasteiger partial charge in [-0.2, -0.15) is 9.97 Å². The van der Waals surface area contributed by atoms with Crippen LogP contribution in [-0.2, 0) is 0 Å². The van der Waals surface area contributed by atoms with E-state index >= 15 is 0 Å². The molecule has 6 nitrogen and oxygen atoms in total. The number of nitrogens with one attached hydrogen (secondary N) is 1. The molecule has 2 rings (SSSR count). The third-order valence-corrected chi connectivity index (χ3v) is 3.67. The second kappa shape index (κ2) is 6.24. The van der Waals surface area contributed by atoms with E-state index < -0.39 is 0 Å². The first-order valence-corrected chi connectivity index (χ1v) is 7.23. The maximum atomic E-state index is 5.90. The molecule has 0 spiro atoms. The van der Waals surface area contributed by atoms with Crippen molar-refractivity contribution in [1.29, 1.82) is 0 Å². The number of hydrogen-bond acceptors (Lipinski definition) is 6. The van der Waals surface area contributed by atoms with Gasteiger partial charge in [0.15, 0.2) is 0 Å². The minimum absolute atomic E-state index is 0.185. The maximum absolute atomic E-state index is 5.90. The molecule has 6 heteroatoms. The zero-order valence-corrected chi connectivity index (χ0v) is 12.8. The predicted molar refractivity (Wildman–Crippen MR) is 77.2 cm³/mol. The lowest BCUT2D eigenvalue weighted by Gasteiger charge is -2.33. The Balaban J connectivity index is 2.03. The molecule has 1 N–H and O–H groups in total. The first-order chi connectivity index (χ1) is 9.52. The summed E-state index contributed by atoms with van der Waals surface area (Å²) in [7, 11) is 1.54. The largest absolute Gasteiger partial charge is 0.467 e. The van der Waals surface area contributed by atoms with Gasteiger partial charge < -0.3 is 14.8 Å². The molecule has 0 aromatic carbocycles. The summed E-state index contributed by atoms with van der Waals surface area (Å²) in [6.45, 7) is 7.33. The molecule has 20 heavy (non-hydrogen) atoms. The zero-order valence-electron chi connectivity index (χ0n) is 12.8. The molecule has 0 atom stereocenters. The molecular weight excluding hydrogens is 256 g/mol. The predicted octanol–water partition coefficient (Wildman–Crippen LogP) is 2.66. The van der Waals surface area contributed by atoms with Crippen molar-refractivity contribution in [3.8, 4) is 12.0 Å². The van der Waals surface area contributed by atoms with E-state index in [1.165, 1.54) is 20.0 Å². The van der Waals surface area contributed by atoms with Gasteiger partial charge in [-0.25, -0.2) is 0 Å². The van der Waals surface area contributed by atoms with E-state index in [2.05, 4.69) is 34.1 Å². The summed E-state index contributed by atoms with van der Waals surface area (Å²) in [6.07, 6.45) is 4.60. The van der Waals surface area contributed by atoms with Crippen LogP contribution in [0, 0.1) is 5.41 Å². The van der Waals surface area contributed by atoms with Crippen molar-refractivity contribution >= 4 is 5.95 Å². The Bertz CT molecular complexity index is 441. The number of methoxy groups -OCH3 is 1. The summed E-state index contributed by atoms with van der Waals surface area (Å²) in [5, 5.41) is 3.05. The minimum atomic E-state index is 0.185. The Kier molecular flexibility index (Phi) is 4.62. The minimum Gasteiger partial charge on any atom is -0.467 e. The summed E-state index contributed by atoms with van der Waals surface area (Å²) in [4.78, 5) is 12.5. The molecule has 1 aromatic rings. The summed E-state index contributed by atoms with van der Waals surface area (Å²) < 4.78 is 11.0. The molecule has 0 bridgehead atoms. The van der Waals surface area contributed by atoms with Crippen molar-refractivity contribution < 1.29 is 9.47 Å². The van der Waals surface area contributed by atoms with Gasteiger partial charge in [0.05, 0.1) is 7.11 Å². The average Bonchev–Trinajstić information content (AvgIpc) is 2.41. The van der Waals surface area contributed by atoms with Crippen LogP contribution in [0.15, 0.2) is 0 Å². The Hall–Kier alpha value is -1.59. The molecule has 0 saturated heterocycles. The fourth-order valence-corrected chi connectivity index (χ4v) is 2.36. The van der Waals surface area contributed by atoms with Crippen LogP contribution in [-0.4, -0.2) is 34.7 Å². The first kappa shape index (κ1) is 14.8. The zero-order chi connectivity index (χ0) is 14.6. The quantitative estimate of drug-likeness (QED) is 0.894. The lowest BCUT2D eigenvalue weighted by atomic mass is 9.76. The highest BCUT2D eigenvalue weighted by molar-refractivity contribution is 5.27. The molecule has 1 saturated carbocycles. The lowest BCUT2D eigenvalue weighted by molar-refractivity contribution is 0.0897. The van der Waals surface area contributed by atoms with Gasteiger partial charge in [0, 0.05) is 6.54 Å². The summed E-state index contributed by atoms with van der Waals surface area (Å²) in [5.41, 5.74) is 0.422. The van der Waals surface area contributed by atoms with Gasteiger partial charge in [0.2, 0.25) is 5.95 Å². The number of hydrogen-bond donors (Lipinski definition) is 1. The van der Waals surface area contributed by atoms with Gasteiger partial charge >= 0.3 is 12.0 Å². The standard InChI is InChI=1S/C14H24N4O2/c1-5-15-11-16-12(19-4)18-13(17-11)20-10-6-8-14(2,3)9-7-10/h10H,5-9H2,1-4H3,(H,15,16,17,18). The van der Waals surface area contributed by atoms with E-state index in [1.54, 1.807) is 0 Å². The number of nitrogens with zero attached hydrogens (tertiary/aromatic N) is 3. The van der Waals surface area contributed by atoms with Crippen LogP contribution < -0.4 is 14.8 Å². The lowest BCUT2D eigenvalue weighted by Crippen LogP contribution is -2.29. The molecule has 0 aliphatic heterocycles. The average molecular weight is 280 g/mol. The molecule has 1 aliphatic carbocycles. The third kappa shape index (κ3) is 3.95. The fourth-order valence-electron chi connectivity index (χ4n) is 2.36. The van der Waals surface area contributed by atoms with E-state index in [0.717, 1.165) is 19.4 Å². The molecule has 0 amide bonds. The van der Waals surface area contributed by atoms with E-state index in [1.807, 2.05) is 6.92 Å². The Morgan fingerprint density at radius 3 is 2.40 bits per heavy atom. The first-order valence-electron chi connectivity index (χ1n) is 7.23. The SMILES string of the molecule is CCNc1nc(OC)nc(OC2CCC(C)(C)CC2)n1. The van der Waals surface area contributed by atoms with Gasteiger partial charge in [-0.1, -0.05) is 13.8 Å². The van der Waals surface area contributed by atoms with Gasteiger partial charge in [0.25, 0.3) is 0 Å². The normalized spacial score (nSPS) is 18.6. The van der Waals surface area contributed by atoms with Crippen molar-refractivity contribution in [3.05, 3.63) is 0 Å². The van der Waals surface area contributed by atoms with Crippen LogP contribution in [0.2, 0.25) is 0 Å². The highest BCUT2D eigenvalue weighted by Gasteiger charge is 2.28. The molecule has 112 valence electrons. The summed E-state index contributed by atoms with van der Waals surface area (Å²) >= 11 is 0. The van der Waals surface area contributed by atoms with Crippen LogP contribution in [0.1, 0.15) is 46.5 Å². The number of aromatic nitrogens is 3. The molecular formula is C14H24N4O2. The van der Waals surface area contributed by atoms with Crippen LogP contribution in [0.3, 0.4) is 0 Å². The van der Waals surface area contributed by atoms with Gasteiger partial charge in [-0.05, 0) is 38.0 Å². The van der Waals surface area contributed by atoms with Crippen molar-refractivity contribution in [2.75, 3.05) is 19.0 Å². The second-order valence-electron chi connectivity index (χ2n) is 5.94. The molecule has 1 fully saturated rings. The molecule has 1 aliphatic rings. The third-order valence-electron chi connectivity index (χ3n) is 3.67. The highest BCUT2D eigenvalue weighted by Crippen LogP contribution is 2.36. The van der Waals surface area contributed by atoms with Crippen LogP contribution in [0.5, 0.6) is 12.0 Å². The van der Waals surface area contributed by atoms with Crippen LogP contribution in [0.25, 0.3) is 0 Å². The molecule has 1 aromatic heterocycles. The van der Waals surface area contributed by atoms with Crippen molar-refractivity contribution in [2.24, 2.45) is 5.41 Å². The maximum Gasteiger partial charge on any atom is 0.324 e. The van der Waals surface area contributed by atoms with Crippen molar-refractivity contribution in [1.82, 2.24) is 15.0 Å². The Labute approximate surface area is 120 Å². The second-order valence-corrected chi connectivity index (χ2v) is 5.94. The summed E-state index contributed by atoms with van der Waals surface area (Å²) in [6, 6.07) is 0.625. The Morgan fingerprint density at radius 2 is 1.80 bits per heavy atom. The summed E-state index contributed by atoms with van der Waals surface area (Å²) in [5.74, 6) is 0.491. The van der Waals surface area contributed by atoms with Crippen LogP contribution in [0.4, 0.5) is 5.95 Å². The fraction of sp³-hybridized carbons (Fsp3) is 0.786. The molecule has 1 heterocycles. The monoisotopic (exact) mass is 280 g/mol. The number of rotatable bonds is 5. The van der Waals surface area contributed by atoms with E-state index in [-0.39, 0.29) is 12.1 Å². The number of anilines is 1. The van der Waals surface area contributed by atoms with E-state index in [4.69, 9.17) is 9.47 Å². The van der Waals surface area contributed by atoms with Gasteiger partial charge in [-0.3, -0.25) is 0 Å². The number of ether oxygens (including phenoxy) is 2. The van der Waals surface area contributed by atoms with E-state index in [9.17, 15) is 0 Å². The smallest absolute Gasteiger partial charge is 0.324 e. The van der Waals surface area contributed by atoms with Gasteiger partial charge in [-0.15, -0.1) is 4.98 Å². The molecule has 0 unspecified atom stereocenters. The van der Waals surface area contributed by atoms with Crippen LogP contribution >= 0.6 is 0 Å². The van der Waals surface area contributed by atoms with Gasteiger partial charge in [0.1, 0.15) is 6.10 Å². The van der Waals surface area contributed by atoms with E-state index in [0.29, 0.717) is 17.4 Å². The topological polar surface area (TPSA) is 69.2 Å².